The topological polar surface area (TPSA) is 69.8 Å². The summed E-state index contributed by atoms with van der Waals surface area (Å²) in [6.45, 7) is 1.94. The molecule has 2 heterocycles. The molecule has 0 aliphatic carbocycles. The Balaban J connectivity index is 1.59. The predicted octanol–water partition coefficient (Wildman–Crippen LogP) is 3.17. The average Bonchev–Trinajstić information content (AvgIpc) is 3.24. The number of hydrogen-bond donors (Lipinski definition) is 3. The van der Waals surface area contributed by atoms with Crippen molar-refractivity contribution in [3.63, 3.8) is 0 Å². The molecule has 0 radical (unpaired) electrons. The van der Waals surface area contributed by atoms with E-state index in [2.05, 4.69) is 20.6 Å². The van der Waals surface area contributed by atoms with Crippen LogP contribution in [-0.2, 0) is 4.79 Å². The quantitative estimate of drug-likeness (QED) is 0.691. The van der Waals surface area contributed by atoms with Crippen LogP contribution < -0.4 is 10.6 Å². The lowest BCUT2D eigenvalue weighted by Crippen LogP contribution is -2.18. The van der Waals surface area contributed by atoms with Gasteiger partial charge in [0.1, 0.15) is 5.82 Å². The fourth-order valence-electron chi connectivity index (χ4n) is 3.23. The van der Waals surface area contributed by atoms with Crippen LogP contribution in [0.5, 0.6) is 0 Å². The van der Waals surface area contributed by atoms with Crippen LogP contribution >= 0.6 is 0 Å². The van der Waals surface area contributed by atoms with Gasteiger partial charge in [-0.3, -0.25) is 4.79 Å². The Bertz CT molecular complexity index is 831. The number of amides is 1. The first-order valence-electron chi connectivity index (χ1n) is 8.34. The van der Waals surface area contributed by atoms with Gasteiger partial charge in [0.05, 0.1) is 16.7 Å². The molecule has 1 saturated heterocycles. The van der Waals surface area contributed by atoms with E-state index in [0.29, 0.717) is 12.3 Å². The summed E-state index contributed by atoms with van der Waals surface area (Å²) in [7, 11) is 0. The van der Waals surface area contributed by atoms with E-state index in [4.69, 9.17) is 0 Å². The molecule has 1 aliphatic rings. The summed E-state index contributed by atoms with van der Waals surface area (Å²) in [5, 5.41) is 6.35. The third-order valence-corrected chi connectivity index (χ3v) is 4.48. The largest absolute Gasteiger partial charge is 0.338 e. The molecule has 3 aromatic rings. The van der Waals surface area contributed by atoms with Crippen molar-refractivity contribution < 1.29 is 4.79 Å². The molecule has 3 N–H and O–H groups in total. The molecule has 5 heteroatoms. The number of carbonyl (C=O) groups is 1. The first-order chi connectivity index (χ1) is 11.8. The van der Waals surface area contributed by atoms with Crippen LogP contribution in [-0.4, -0.2) is 29.0 Å². The molecular weight excluding hydrogens is 300 g/mol. The minimum atomic E-state index is 0.0623. The normalized spacial score (nSPS) is 17.2. The second-order valence-corrected chi connectivity index (χ2v) is 6.26. The first-order valence-corrected chi connectivity index (χ1v) is 8.34. The van der Waals surface area contributed by atoms with Crippen molar-refractivity contribution in [3.05, 3.63) is 48.5 Å². The number of benzene rings is 2. The maximum absolute atomic E-state index is 12.4. The molecule has 1 aliphatic heterocycles. The van der Waals surface area contributed by atoms with Crippen LogP contribution in [0.2, 0.25) is 0 Å². The molecule has 1 amide bonds. The zero-order chi connectivity index (χ0) is 16.4. The number of nitrogens with zero attached hydrogens (tertiary/aromatic N) is 1. The van der Waals surface area contributed by atoms with Crippen molar-refractivity contribution in [2.24, 2.45) is 5.92 Å². The van der Waals surface area contributed by atoms with E-state index in [1.54, 1.807) is 0 Å². The SMILES string of the molecule is O=C(CC1CCNC1)Nc1ccccc1-c1nc2ccccc2[nH]1. The van der Waals surface area contributed by atoms with E-state index in [1.165, 1.54) is 0 Å². The van der Waals surface area contributed by atoms with Gasteiger partial charge in [0.25, 0.3) is 0 Å². The van der Waals surface area contributed by atoms with Gasteiger partial charge >= 0.3 is 0 Å². The van der Waals surface area contributed by atoms with Gasteiger partial charge in [0.15, 0.2) is 0 Å². The maximum Gasteiger partial charge on any atom is 0.224 e. The highest BCUT2D eigenvalue weighted by Gasteiger charge is 2.19. The molecule has 1 aromatic heterocycles. The highest BCUT2D eigenvalue weighted by Crippen LogP contribution is 2.28. The molecule has 2 aromatic carbocycles. The number of anilines is 1. The molecule has 122 valence electrons. The maximum atomic E-state index is 12.4. The molecule has 1 atom stereocenters. The summed E-state index contributed by atoms with van der Waals surface area (Å²) in [5.74, 6) is 1.27. The number of carbonyl (C=O) groups excluding carboxylic acids is 1. The van der Waals surface area contributed by atoms with Crippen LogP contribution in [0.25, 0.3) is 22.4 Å². The van der Waals surface area contributed by atoms with Crippen molar-refractivity contribution in [2.75, 3.05) is 18.4 Å². The number of hydrogen-bond acceptors (Lipinski definition) is 3. The highest BCUT2D eigenvalue weighted by atomic mass is 16.1. The highest BCUT2D eigenvalue weighted by molar-refractivity contribution is 5.95. The Labute approximate surface area is 140 Å². The second-order valence-electron chi connectivity index (χ2n) is 6.26. The molecule has 4 rings (SSSR count). The minimum absolute atomic E-state index is 0.0623. The standard InChI is InChI=1S/C19H20N4O/c24-18(11-13-9-10-20-12-13)21-15-6-2-1-5-14(15)19-22-16-7-3-4-8-17(16)23-19/h1-8,13,20H,9-12H2,(H,21,24)(H,22,23). The van der Waals surface area contributed by atoms with E-state index in [-0.39, 0.29) is 5.91 Å². The third-order valence-electron chi connectivity index (χ3n) is 4.48. The number of aromatic nitrogens is 2. The molecule has 0 saturated carbocycles. The smallest absolute Gasteiger partial charge is 0.224 e. The average molecular weight is 320 g/mol. The number of rotatable bonds is 4. The van der Waals surface area contributed by atoms with Crippen molar-refractivity contribution >= 4 is 22.6 Å². The van der Waals surface area contributed by atoms with Gasteiger partial charge in [-0.05, 0) is 49.7 Å². The van der Waals surface area contributed by atoms with Gasteiger partial charge in [0, 0.05) is 12.0 Å². The Hall–Kier alpha value is -2.66. The van der Waals surface area contributed by atoms with E-state index in [1.807, 2.05) is 48.5 Å². The molecule has 24 heavy (non-hydrogen) atoms. The summed E-state index contributed by atoms with van der Waals surface area (Å²) in [6.07, 6.45) is 1.63. The van der Waals surface area contributed by atoms with Crippen LogP contribution in [0.1, 0.15) is 12.8 Å². The van der Waals surface area contributed by atoms with Gasteiger partial charge in [-0.1, -0.05) is 24.3 Å². The molecular formula is C19H20N4O. The Morgan fingerprint density at radius 1 is 1.17 bits per heavy atom. The van der Waals surface area contributed by atoms with Crippen molar-refractivity contribution in [1.82, 2.24) is 15.3 Å². The number of para-hydroxylation sites is 3. The minimum Gasteiger partial charge on any atom is -0.338 e. The van der Waals surface area contributed by atoms with Gasteiger partial charge < -0.3 is 15.6 Å². The summed E-state index contributed by atoms with van der Waals surface area (Å²) in [6, 6.07) is 15.7. The van der Waals surface area contributed by atoms with Crippen LogP contribution in [0.3, 0.4) is 0 Å². The lowest BCUT2D eigenvalue weighted by molar-refractivity contribution is -0.116. The van der Waals surface area contributed by atoms with Crippen molar-refractivity contribution in [2.45, 2.75) is 12.8 Å². The van der Waals surface area contributed by atoms with Gasteiger partial charge in [-0.25, -0.2) is 4.98 Å². The Morgan fingerprint density at radius 2 is 2.00 bits per heavy atom. The Kier molecular flexibility index (Phi) is 4.01. The summed E-state index contributed by atoms with van der Waals surface area (Å²) < 4.78 is 0. The van der Waals surface area contributed by atoms with Crippen molar-refractivity contribution in [3.8, 4) is 11.4 Å². The van der Waals surface area contributed by atoms with Gasteiger partial charge in [-0.15, -0.1) is 0 Å². The number of H-pyrrole nitrogens is 1. The number of imidazole rings is 1. The number of aromatic amines is 1. The molecule has 1 fully saturated rings. The van der Waals surface area contributed by atoms with Crippen LogP contribution in [0, 0.1) is 5.92 Å². The predicted molar refractivity (Wildman–Crippen MR) is 95.8 cm³/mol. The van der Waals surface area contributed by atoms with Crippen LogP contribution in [0.4, 0.5) is 5.69 Å². The zero-order valence-corrected chi connectivity index (χ0v) is 13.4. The van der Waals surface area contributed by atoms with Crippen LogP contribution in [0.15, 0.2) is 48.5 Å². The molecule has 0 bridgehead atoms. The lowest BCUT2D eigenvalue weighted by Gasteiger charge is -2.11. The second kappa shape index (κ2) is 6.45. The summed E-state index contributed by atoms with van der Waals surface area (Å²) in [4.78, 5) is 20.3. The molecule has 0 spiro atoms. The number of nitrogens with one attached hydrogen (secondary N) is 3. The molecule has 5 nitrogen and oxygen atoms in total. The lowest BCUT2D eigenvalue weighted by atomic mass is 10.0. The summed E-state index contributed by atoms with van der Waals surface area (Å²) in [5.41, 5.74) is 3.62. The fourth-order valence-corrected chi connectivity index (χ4v) is 3.23. The first kappa shape index (κ1) is 14.9. The third kappa shape index (κ3) is 3.03. The summed E-state index contributed by atoms with van der Waals surface area (Å²) >= 11 is 0. The van der Waals surface area contributed by atoms with Crippen molar-refractivity contribution in [1.29, 1.82) is 0 Å². The van der Waals surface area contributed by atoms with E-state index in [0.717, 1.165) is 47.6 Å². The van der Waals surface area contributed by atoms with Gasteiger partial charge in [0.2, 0.25) is 5.91 Å². The van der Waals surface area contributed by atoms with E-state index >= 15 is 0 Å². The number of fused-ring (bicyclic) bond motifs is 1. The zero-order valence-electron chi connectivity index (χ0n) is 13.4. The fraction of sp³-hybridized carbons (Fsp3) is 0.263. The monoisotopic (exact) mass is 320 g/mol. The Morgan fingerprint density at radius 3 is 2.83 bits per heavy atom. The van der Waals surface area contributed by atoms with Gasteiger partial charge in [-0.2, -0.15) is 0 Å². The molecule has 1 unspecified atom stereocenters. The van der Waals surface area contributed by atoms with E-state index in [9.17, 15) is 4.79 Å². The van der Waals surface area contributed by atoms with E-state index < -0.39 is 0 Å².